The van der Waals surface area contributed by atoms with Gasteiger partial charge >= 0.3 is 161 Å². The number of aromatic nitrogens is 2. The van der Waals surface area contributed by atoms with Gasteiger partial charge < -0.3 is 0 Å². The molecule has 2 aromatic rings. The zero-order chi connectivity index (χ0) is 18.6. The summed E-state index contributed by atoms with van der Waals surface area (Å²) < 4.78 is 29.9. The molecule has 0 aliphatic heterocycles. The Morgan fingerprint density at radius 2 is 2.20 bits per heavy atom. The molecule has 1 heterocycles. The van der Waals surface area contributed by atoms with Crippen LogP contribution >= 0.6 is 22.6 Å². The predicted molar refractivity (Wildman–Crippen MR) is 95.5 cm³/mol. The predicted octanol–water partition coefficient (Wildman–Crippen LogP) is -1.30. The molecule has 2 N–H and O–H groups in total. The average Bonchev–Trinajstić information content (AvgIpc) is 2.57. The summed E-state index contributed by atoms with van der Waals surface area (Å²) in [5.41, 5.74) is 0.652. The minimum atomic E-state index is -1.69. The molecule has 1 atom stereocenters. The minimum absolute atomic E-state index is 0.169. The number of rotatable bonds is 6. The molecule has 1 unspecified atom stereocenters. The van der Waals surface area contributed by atoms with E-state index in [1.165, 1.54) is 19.2 Å². The number of amides is 1. The number of aliphatic hydroxyl groups is 1. The van der Waals surface area contributed by atoms with E-state index < -0.39 is 38.9 Å². The number of aryl methyl sites for hydroxylation is 1. The van der Waals surface area contributed by atoms with Gasteiger partial charge in [-0.15, -0.1) is 0 Å². The Kier molecular flexibility index (Phi) is 7.05. The quantitative estimate of drug-likeness (QED) is 0.211. The van der Waals surface area contributed by atoms with Gasteiger partial charge in [0.15, 0.2) is 0 Å². The normalized spacial score (nSPS) is 11.2. The molecule has 0 saturated heterocycles. The summed E-state index contributed by atoms with van der Waals surface area (Å²) in [6.45, 7) is -0.499. The SMILES string of the molecule is Cn1nc(C(=O)NOCCO)c([AsH]c2ccc(I)cc2F)c(F)c1=O. The van der Waals surface area contributed by atoms with Crippen molar-refractivity contribution < 1.29 is 23.5 Å². The number of hydroxylamine groups is 1. The summed E-state index contributed by atoms with van der Waals surface area (Å²) in [7, 11) is 1.20. The molecule has 134 valence electrons. The monoisotopic (exact) mass is 527 g/mol. The molecule has 0 aliphatic rings. The fraction of sp³-hybridized carbons (Fsp3) is 0.214. The Morgan fingerprint density at radius 1 is 1.48 bits per heavy atom. The molecule has 0 fully saturated rings. The van der Waals surface area contributed by atoms with Gasteiger partial charge in [0.1, 0.15) is 0 Å². The van der Waals surface area contributed by atoms with E-state index in [2.05, 4.69) is 5.10 Å². The Morgan fingerprint density at radius 3 is 2.84 bits per heavy atom. The molecule has 1 aromatic heterocycles. The van der Waals surface area contributed by atoms with Crippen LogP contribution in [-0.4, -0.2) is 49.8 Å². The van der Waals surface area contributed by atoms with Crippen LogP contribution < -0.4 is 19.7 Å². The zero-order valence-corrected chi connectivity index (χ0v) is 17.1. The van der Waals surface area contributed by atoms with Crippen LogP contribution in [0.1, 0.15) is 10.5 Å². The van der Waals surface area contributed by atoms with E-state index in [9.17, 15) is 18.4 Å². The Hall–Kier alpha value is -1.36. The van der Waals surface area contributed by atoms with Crippen LogP contribution in [0.15, 0.2) is 23.0 Å². The van der Waals surface area contributed by atoms with E-state index in [4.69, 9.17) is 9.94 Å². The number of nitrogens with zero attached hydrogens (tertiary/aromatic N) is 2. The molecular formula is C14H13AsF2IN3O4. The number of nitrogens with one attached hydrogen (secondary N) is 1. The molecule has 1 aromatic carbocycles. The topological polar surface area (TPSA) is 93.5 Å². The maximum absolute atomic E-state index is 14.4. The van der Waals surface area contributed by atoms with Crippen LogP contribution in [0, 0.1) is 15.2 Å². The number of hydrogen-bond acceptors (Lipinski definition) is 5. The Bertz CT molecular complexity index is 863. The van der Waals surface area contributed by atoms with Crippen molar-refractivity contribution in [3.05, 3.63) is 49.5 Å². The van der Waals surface area contributed by atoms with Gasteiger partial charge in [-0.1, -0.05) is 0 Å². The van der Waals surface area contributed by atoms with Crippen LogP contribution in [0.2, 0.25) is 0 Å². The average molecular weight is 527 g/mol. The molecular weight excluding hydrogens is 514 g/mol. The van der Waals surface area contributed by atoms with Crippen molar-refractivity contribution in [3.63, 3.8) is 0 Å². The zero-order valence-electron chi connectivity index (χ0n) is 12.8. The van der Waals surface area contributed by atoms with Crippen molar-refractivity contribution in [1.29, 1.82) is 0 Å². The molecule has 0 saturated carbocycles. The second kappa shape index (κ2) is 8.83. The third-order valence-electron chi connectivity index (χ3n) is 2.95. The number of hydrogen-bond donors (Lipinski definition) is 2. The molecule has 0 bridgehead atoms. The number of aliphatic hydroxyl groups excluding tert-OH is 1. The van der Waals surface area contributed by atoms with Gasteiger partial charge in [0.25, 0.3) is 0 Å². The maximum atomic E-state index is 14.4. The number of halogens is 3. The van der Waals surface area contributed by atoms with Gasteiger partial charge in [0.05, 0.1) is 0 Å². The third kappa shape index (κ3) is 4.84. The molecule has 0 spiro atoms. The first-order valence-electron chi connectivity index (χ1n) is 6.87. The first-order valence-corrected chi connectivity index (χ1v) is 10.0. The molecule has 1 amide bonds. The van der Waals surface area contributed by atoms with Gasteiger partial charge in [-0.25, -0.2) is 0 Å². The third-order valence-corrected chi connectivity index (χ3v) is 6.52. The fourth-order valence-corrected chi connectivity index (χ4v) is 4.62. The summed E-state index contributed by atoms with van der Waals surface area (Å²) in [6.07, 6.45) is 0. The van der Waals surface area contributed by atoms with Crippen molar-refractivity contribution in [2.45, 2.75) is 0 Å². The van der Waals surface area contributed by atoms with Crippen LogP contribution in [-0.2, 0) is 11.9 Å². The number of carbonyl (C=O) groups is 1. The van der Waals surface area contributed by atoms with Crippen LogP contribution in [0.3, 0.4) is 0 Å². The summed E-state index contributed by atoms with van der Waals surface area (Å²) in [6, 6.07) is 4.44. The van der Waals surface area contributed by atoms with E-state index >= 15 is 0 Å². The first-order chi connectivity index (χ1) is 11.8. The van der Waals surface area contributed by atoms with Crippen molar-refractivity contribution >= 4 is 53.0 Å². The Labute approximate surface area is 161 Å². The van der Waals surface area contributed by atoms with Gasteiger partial charge in [0.2, 0.25) is 0 Å². The van der Waals surface area contributed by atoms with Crippen molar-refractivity contribution in [2.24, 2.45) is 7.05 Å². The second-order valence-electron chi connectivity index (χ2n) is 4.72. The second-order valence-corrected chi connectivity index (χ2v) is 8.67. The van der Waals surface area contributed by atoms with E-state index in [1.807, 2.05) is 28.1 Å². The summed E-state index contributed by atoms with van der Waals surface area (Å²) in [4.78, 5) is 28.6. The van der Waals surface area contributed by atoms with Crippen molar-refractivity contribution in [1.82, 2.24) is 15.3 Å². The van der Waals surface area contributed by atoms with E-state index in [1.54, 1.807) is 6.07 Å². The summed E-state index contributed by atoms with van der Waals surface area (Å²) in [5.74, 6) is -2.55. The number of benzene rings is 1. The summed E-state index contributed by atoms with van der Waals surface area (Å²) in [5, 5.41) is 12.4. The summed E-state index contributed by atoms with van der Waals surface area (Å²) >= 11 is 0.249. The van der Waals surface area contributed by atoms with Gasteiger partial charge in [-0.3, -0.25) is 0 Å². The fourth-order valence-electron chi connectivity index (χ4n) is 1.81. The first kappa shape index (κ1) is 20.0. The Balaban J connectivity index is 2.45. The van der Waals surface area contributed by atoms with Crippen molar-refractivity contribution in [2.75, 3.05) is 13.2 Å². The van der Waals surface area contributed by atoms with Gasteiger partial charge in [0, 0.05) is 0 Å². The van der Waals surface area contributed by atoms with E-state index in [-0.39, 0.29) is 27.6 Å². The number of carbonyl (C=O) groups excluding carboxylic acids is 1. The molecule has 0 radical (unpaired) electrons. The molecule has 25 heavy (non-hydrogen) atoms. The molecule has 2 rings (SSSR count). The molecule has 7 nitrogen and oxygen atoms in total. The van der Waals surface area contributed by atoms with E-state index in [0.717, 1.165) is 0 Å². The van der Waals surface area contributed by atoms with Gasteiger partial charge in [-0.05, 0) is 0 Å². The standard InChI is InChI=1S/C14H13AsF2IN3O4/c1-21-14(24)11(17)10(12(19-21)13(23)20-25-5-4-22)15-8-3-2-7(18)6-9(8)16/h2-3,6,15,22H,4-5H2,1H3,(H,20,23). The molecule has 11 heteroatoms. The van der Waals surface area contributed by atoms with Crippen molar-refractivity contribution in [3.8, 4) is 0 Å². The van der Waals surface area contributed by atoms with Crippen LogP contribution in [0.5, 0.6) is 0 Å². The van der Waals surface area contributed by atoms with Crippen LogP contribution in [0.4, 0.5) is 8.78 Å². The molecule has 0 aliphatic carbocycles. The van der Waals surface area contributed by atoms with Crippen LogP contribution in [0.25, 0.3) is 0 Å². The van der Waals surface area contributed by atoms with E-state index in [0.29, 0.717) is 8.25 Å². The van der Waals surface area contributed by atoms with Gasteiger partial charge in [-0.2, -0.15) is 0 Å².